The molecule has 0 unspecified atom stereocenters. The van der Waals surface area contributed by atoms with Crippen LogP contribution in [-0.4, -0.2) is 47.2 Å². The number of aliphatic hydroxyl groups is 1. The zero-order chi connectivity index (χ0) is 31.9. The summed E-state index contributed by atoms with van der Waals surface area (Å²) in [4.78, 5) is 32.1. The van der Waals surface area contributed by atoms with Crippen LogP contribution in [0.2, 0.25) is 15.1 Å². The fourth-order valence-electron chi connectivity index (χ4n) is 4.68. The first-order valence-electron chi connectivity index (χ1n) is 14.2. The van der Waals surface area contributed by atoms with Gasteiger partial charge in [0.05, 0.1) is 6.61 Å². The largest absolute Gasteiger partial charge is 0.494 e. The van der Waals surface area contributed by atoms with Crippen LogP contribution in [-0.2, 0) is 25.6 Å². The van der Waals surface area contributed by atoms with Crippen molar-refractivity contribution in [2.24, 2.45) is 4.99 Å². The molecule has 0 bridgehead atoms. The molecule has 0 aliphatic carbocycles. The number of aliphatic hydroxyl groups excluding tert-OH is 1. The molecule has 0 saturated heterocycles. The van der Waals surface area contributed by atoms with E-state index in [1.54, 1.807) is 75.4 Å². The van der Waals surface area contributed by atoms with E-state index in [1.807, 2.05) is 12.1 Å². The van der Waals surface area contributed by atoms with E-state index >= 15 is 0 Å². The molecule has 2 atom stereocenters. The number of halogens is 3. The van der Waals surface area contributed by atoms with Crippen LogP contribution in [0.5, 0.6) is 5.75 Å². The van der Waals surface area contributed by atoms with E-state index < -0.39 is 29.1 Å². The topological polar surface area (TPSA) is 106 Å². The van der Waals surface area contributed by atoms with Gasteiger partial charge in [0, 0.05) is 52.2 Å². The summed E-state index contributed by atoms with van der Waals surface area (Å²) in [5, 5.41) is 13.3. The number of esters is 1. The highest BCUT2D eigenvalue weighted by molar-refractivity contribution is 6.35. The van der Waals surface area contributed by atoms with Gasteiger partial charge in [-0.25, -0.2) is 4.99 Å². The molecule has 8 nitrogen and oxygen atoms in total. The van der Waals surface area contributed by atoms with E-state index in [-0.39, 0.29) is 31.9 Å². The second-order valence-corrected chi connectivity index (χ2v) is 12.6. The van der Waals surface area contributed by atoms with Crippen molar-refractivity contribution >= 4 is 52.6 Å². The van der Waals surface area contributed by atoms with Gasteiger partial charge in [-0.3, -0.25) is 9.59 Å². The molecule has 2 N–H and O–H groups in total. The normalized spacial score (nSPS) is 17.9. The van der Waals surface area contributed by atoms with Crippen molar-refractivity contribution in [1.29, 1.82) is 0 Å². The van der Waals surface area contributed by atoms with Gasteiger partial charge < -0.3 is 24.6 Å². The van der Waals surface area contributed by atoms with Crippen LogP contribution in [0.4, 0.5) is 0 Å². The third-order valence-corrected chi connectivity index (χ3v) is 7.59. The Morgan fingerprint density at radius 2 is 1.68 bits per heavy atom. The zero-order valence-corrected chi connectivity index (χ0v) is 27.0. The van der Waals surface area contributed by atoms with Crippen LogP contribution >= 0.6 is 34.8 Å². The number of hydrogen-bond acceptors (Lipinski definition) is 7. The van der Waals surface area contributed by atoms with E-state index in [4.69, 9.17) is 59.1 Å². The average Bonchev–Trinajstić information content (AvgIpc) is 3.36. The van der Waals surface area contributed by atoms with Gasteiger partial charge in [0.1, 0.15) is 11.4 Å². The summed E-state index contributed by atoms with van der Waals surface area (Å²) in [6.45, 7) is 5.93. The molecule has 44 heavy (non-hydrogen) atoms. The molecule has 1 aliphatic heterocycles. The fraction of sp³-hybridized carbons (Fsp3) is 0.364. The van der Waals surface area contributed by atoms with Crippen LogP contribution < -0.4 is 10.1 Å². The number of ether oxygens (including phenoxy) is 3. The molecule has 0 saturated carbocycles. The van der Waals surface area contributed by atoms with Crippen molar-refractivity contribution in [1.82, 2.24) is 5.32 Å². The smallest absolute Gasteiger partial charge is 0.306 e. The van der Waals surface area contributed by atoms with Gasteiger partial charge in [-0.05, 0) is 81.3 Å². The Morgan fingerprint density at radius 1 is 1.00 bits per heavy atom. The highest BCUT2D eigenvalue weighted by atomic mass is 35.5. The van der Waals surface area contributed by atoms with Gasteiger partial charge in [0.15, 0.2) is 11.6 Å². The minimum atomic E-state index is -1.59. The monoisotopic (exact) mass is 660 g/mol. The standard InChI is InChI=1S/C33H35Cl3N2O6/c1-32(2,3)44-28(40)15-16-33(31(41)37-20-21-5-9-23(34)10-6-21)29(26-14-11-24(35)19-27(26)36)43-30(38-33)22-7-12-25(13-8-22)42-18-4-17-39/h5-14,19,29,39H,4,15-18,20H2,1-3H3,(H,37,41)/t29-,33-/m1/s1. The van der Waals surface area contributed by atoms with Gasteiger partial charge in [-0.2, -0.15) is 0 Å². The van der Waals surface area contributed by atoms with Crippen LogP contribution in [0.25, 0.3) is 0 Å². The van der Waals surface area contributed by atoms with E-state index in [0.29, 0.717) is 45.0 Å². The van der Waals surface area contributed by atoms with Crippen molar-refractivity contribution in [2.45, 2.75) is 63.8 Å². The highest BCUT2D eigenvalue weighted by Gasteiger charge is 2.54. The number of amides is 1. The molecule has 3 aromatic rings. The summed E-state index contributed by atoms with van der Waals surface area (Å²) >= 11 is 18.9. The Balaban J connectivity index is 1.74. The number of nitrogens with one attached hydrogen (secondary N) is 1. The molecule has 4 rings (SSSR count). The lowest BCUT2D eigenvalue weighted by molar-refractivity contribution is -0.155. The molecular formula is C33H35Cl3N2O6. The number of rotatable bonds is 12. The summed E-state index contributed by atoms with van der Waals surface area (Å²) < 4.78 is 17.7. The Labute approximate surface area is 272 Å². The fourth-order valence-corrected chi connectivity index (χ4v) is 5.32. The zero-order valence-electron chi connectivity index (χ0n) is 24.7. The summed E-state index contributed by atoms with van der Waals surface area (Å²) in [6, 6.07) is 19.1. The van der Waals surface area contributed by atoms with E-state index in [2.05, 4.69) is 5.32 Å². The number of benzene rings is 3. The minimum absolute atomic E-state index is 0.0240. The number of carbonyl (C=O) groups is 2. The average molecular weight is 662 g/mol. The Bertz CT molecular complexity index is 1490. The maximum absolute atomic E-state index is 14.3. The number of aliphatic imine (C=N–C) groups is 1. The molecule has 1 heterocycles. The van der Waals surface area contributed by atoms with Crippen LogP contribution in [0.15, 0.2) is 71.7 Å². The molecule has 1 aliphatic rings. The van der Waals surface area contributed by atoms with Crippen molar-refractivity contribution in [3.05, 3.63) is 98.5 Å². The quantitative estimate of drug-likeness (QED) is 0.158. The van der Waals surface area contributed by atoms with E-state index in [0.717, 1.165) is 5.56 Å². The Hall–Kier alpha value is -3.30. The minimum Gasteiger partial charge on any atom is -0.494 e. The molecule has 1 amide bonds. The molecule has 0 aromatic heterocycles. The first-order chi connectivity index (χ1) is 20.9. The molecule has 3 aromatic carbocycles. The van der Waals surface area contributed by atoms with E-state index in [1.165, 1.54) is 0 Å². The lowest BCUT2D eigenvalue weighted by atomic mass is 9.83. The summed E-state index contributed by atoms with van der Waals surface area (Å²) in [5.41, 5.74) is -0.386. The second-order valence-electron chi connectivity index (χ2n) is 11.4. The third-order valence-electron chi connectivity index (χ3n) is 6.77. The molecule has 0 radical (unpaired) electrons. The SMILES string of the molecule is CC(C)(C)OC(=O)CC[C@@]1(C(=O)NCc2ccc(Cl)cc2)N=C(c2ccc(OCCCO)cc2)O[C@@H]1c1ccc(Cl)cc1Cl. The van der Waals surface area contributed by atoms with Gasteiger partial charge >= 0.3 is 5.97 Å². The number of hydrogen-bond donors (Lipinski definition) is 2. The first-order valence-corrected chi connectivity index (χ1v) is 15.3. The van der Waals surface area contributed by atoms with Crippen LogP contribution in [0.3, 0.4) is 0 Å². The van der Waals surface area contributed by atoms with Crippen LogP contribution in [0, 0.1) is 0 Å². The van der Waals surface area contributed by atoms with Gasteiger partial charge in [0.25, 0.3) is 5.91 Å². The Kier molecular flexibility index (Phi) is 11.2. The molecular weight excluding hydrogens is 627 g/mol. The van der Waals surface area contributed by atoms with Crippen molar-refractivity contribution in [3.63, 3.8) is 0 Å². The second kappa shape index (κ2) is 14.7. The molecule has 11 heteroatoms. The number of carbonyl (C=O) groups excluding carboxylic acids is 2. The maximum atomic E-state index is 14.3. The summed E-state index contributed by atoms with van der Waals surface area (Å²) in [6.07, 6.45) is -0.614. The van der Waals surface area contributed by atoms with Crippen molar-refractivity contribution in [2.75, 3.05) is 13.2 Å². The predicted molar refractivity (Wildman–Crippen MR) is 172 cm³/mol. The van der Waals surface area contributed by atoms with Gasteiger partial charge in [-0.1, -0.05) is 53.0 Å². The summed E-state index contributed by atoms with van der Waals surface area (Å²) in [7, 11) is 0. The van der Waals surface area contributed by atoms with E-state index in [9.17, 15) is 9.59 Å². The summed E-state index contributed by atoms with van der Waals surface area (Å²) in [5.74, 6) is -0.119. The van der Waals surface area contributed by atoms with Gasteiger partial charge in [0.2, 0.25) is 5.90 Å². The predicted octanol–water partition coefficient (Wildman–Crippen LogP) is 7.10. The lowest BCUT2D eigenvalue weighted by Gasteiger charge is -2.31. The van der Waals surface area contributed by atoms with Crippen molar-refractivity contribution < 1.29 is 28.9 Å². The third kappa shape index (κ3) is 8.66. The molecule has 0 fully saturated rings. The lowest BCUT2D eigenvalue weighted by Crippen LogP contribution is -2.48. The first kappa shape index (κ1) is 33.6. The molecule has 0 spiro atoms. The Morgan fingerprint density at radius 3 is 2.32 bits per heavy atom. The van der Waals surface area contributed by atoms with Crippen molar-refractivity contribution in [3.8, 4) is 5.75 Å². The molecule has 234 valence electrons. The van der Waals surface area contributed by atoms with Gasteiger partial charge in [-0.15, -0.1) is 0 Å². The van der Waals surface area contributed by atoms with Crippen LogP contribution in [0.1, 0.15) is 62.8 Å². The number of nitrogens with zero attached hydrogens (tertiary/aromatic N) is 1. The highest BCUT2D eigenvalue weighted by Crippen LogP contribution is 2.46. The maximum Gasteiger partial charge on any atom is 0.306 e.